The molecule has 0 bridgehead atoms. The van der Waals surface area contributed by atoms with Crippen LogP contribution < -0.4 is 5.32 Å². The van der Waals surface area contributed by atoms with Gasteiger partial charge in [0.25, 0.3) is 0 Å². The number of carbonyl (C=O) groups excluding carboxylic acids is 1. The Hall–Kier alpha value is -3.48. The van der Waals surface area contributed by atoms with Crippen molar-refractivity contribution in [3.63, 3.8) is 0 Å². The summed E-state index contributed by atoms with van der Waals surface area (Å²) in [4.78, 5) is 19.8. The standard InChI is InChI=1S/C21H21N5O2/c1-14-6-8-15(9-7-14)21-26-25-20(28-21)11-10-19(27)22-13-12-18-23-16-4-2-3-5-17(16)24-18/h2-9H,10-13H2,1H3,(H,22,27)(H,23,24). The number of aromatic nitrogens is 4. The first-order chi connectivity index (χ1) is 13.7. The van der Waals surface area contributed by atoms with Crippen LogP contribution >= 0.6 is 0 Å². The van der Waals surface area contributed by atoms with Crippen LogP contribution in [0.1, 0.15) is 23.7 Å². The number of hydrogen-bond acceptors (Lipinski definition) is 5. The summed E-state index contributed by atoms with van der Waals surface area (Å²) in [7, 11) is 0. The van der Waals surface area contributed by atoms with Gasteiger partial charge in [-0.1, -0.05) is 29.8 Å². The Labute approximate surface area is 162 Å². The van der Waals surface area contributed by atoms with Gasteiger partial charge in [0.15, 0.2) is 0 Å². The van der Waals surface area contributed by atoms with E-state index in [9.17, 15) is 4.79 Å². The molecule has 0 atom stereocenters. The van der Waals surface area contributed by atoms with E-state index in [2.05, 4.69) is 25.5 Å². The highest BCUT2D eigenvalue weighted by Gasteiger charge is 2.11. The maximum atomic E-state index is 12.1. The lowest BCUT2D eigenvalue weighted by Crippen LogP contribution is -2.26. The van der Waals surface area contributed by atoms with Gasteiger partial charge in [-0.15, -0.1) is 10.2 Å². The SMILES string of the molecule is Cc1ccc(-c2nnc(CCC(=O)NCCc3nc4ccccc4[nH]3)o2)cc1. The van der Waals surface area contributed by atoms with Crippen LogP contribution in [0.5, 0.6) is 0 Å². The monoisotopic (exact) mass is 375 g/mol. The largest absolute Gasteiger partial charge is 0.421 e. The molecule has 1 amide bonds. The summed E-state index contributed by atoms with van der Waals surface area (Å²) in [6, 6.07) is 15.7. The van der Waals surface area contributed by atoms with Crippen LogP contribution in [-0.4, -0.2) is 32.6 Å². The number of amides is 1. The van der Waals surface area contributed by atoms with Crippen molar-refractivity contribution in [3.05, 3.63) is 65.8 Å². The maximum Gasteiger partial charge on any atom is 0.247 e. The third-order valence-corrected chi connectivity index (χ3v) is 4.45. The second kappa shape index (κ2) is 8.04. The van der Waals surface area contributed by atoms with Gasteiger partial charge in [0.1, 0.15) is 5.82 Å². The zero-order chi connectivity index (χ0) is 19.3. The Morgan fingerprint density at radius 1 is 1.07 bits per heavy atom. The smallest absolute Gasteiger partial charge is 0.247 e. The zero-order valence-corrected chi connectivity index (χ0v) is 15.6. The summed E-state index contributed by atoms with van der Waals surface area (Å²) in [5, 5.41) is 11.0. The highest BCUT2D eigenvalue weighted by atomic mass is 16.4. The van der Waals surface area contributed by atoms with Crippen LogP contribution in [0.3, 0.4) is 0 Å². The lowest BCUT2D eigenvalue weighted by Gasteiger charge is -2.02. The Balaban J connectivity index is 1.24. The van der Waals surface area contributed by atoms with Gasteiger partial charge in [-0.05, 0) is 31.2 Å². The summed E-state index contributed by atoms with van der Waals surface area (Å²) in [5.74, 6) is 1.75. The van der Waals surface area contributed by atoms with Crippen molar-refractivity contribution in [2.45, 2.75) is 26.2 Å². The molecule has 0 aliphatic heterocycles. The second-order valence-electron chi connectivity index (χ2n) is 6.67. The summed E-state index contributed by atoms with van der Waals surface area (Å²) in [5.41, 5.74) is 3.98. The molecular weight excluding hydrogens is 354 g/mol. The average molecular weight is 375 g/mol. The molecule has 0 fully saturated rings. The quantitative estimate of drug-likeness (QED) is 0.517. The molecule has 2 aromatic carbocycles. The van der Waals surface area contributed by atoms with Crippen molar-refractivity contribution in [1.82, 2.24) is 25.5 Å². The Kier molecular flexibility index (Phi) is 5.14. The van der Waals surface area contributed by atoms with Gasteiger partial charge in [0.05, 0.1) is 11.0 Å². The van der Waals surface area contributed by atoms with E-state index in [0.717, 1.165) is 22.4 Å². The zero-order valence-electron chi connectivity index (χ0n) is 15.6. The highest BCUT2D eigenvalue weighted by Crippen LogP contribution is 2.18. The van der Waals surface area contributed by atoms with E-state index < -0.39 is 0 Å². The third kappa shape index (κ3) is 4.25. The Bertz CT molecular complexity index is 1050. The number of H-pyrrole nitrogens is 1. The number of aryl methyl sites for hydroxylation is 2. The lowest BCUT2D eigenvalue weighted by atomic mass is 10.1. The molecule has 2 N–H and O–H groups in total. The first-order valence-corrected chi connectivity index (χ1v) is 9.27. The minimum atomic E-state index is -0.0498. The second-order valence-corrected chi connectivity index (χ2v) is 6.67. The number of benzene rings is 2. The van der Waals surface area contributed by atoms with Crippen molar-refractivity contribution >= 4 is 16.9 Å². The fraction of sp³-hybridized carbons (Fsp3) is 0.238. The maximum absolute atomic E-state index is 12.1. The predicted molar refractivity (Wildman–Crippen MR) is 106 cm³/mol. The summed E-state index contributed by atoms with van der Waals surface area (Å²) >= 11 is 0. The summed E-state index contributed by atoms with van der Waals surface area (Å²) in [6.45, 7) is 2.55. The molecule has 7 heteroatoms. The number of nitrogens with zero attached hydrogens (tertiary/aromatic N) is 3. The predicted octanol–water partition coefficient (Wildman–Crippen LogP) is 3.21. The van der Waals surface area contributed by atoms with Crippen LogP contribution in [0.25, 0.3) is 22.5 Å². The van der Waals surface area contributed by atoms with Gasteiger partial charge in [0.2, 0.25) is 17.7 Å². The molecule has 2 heterocycles. The van der Waals surface area contributed by atoms with Crippen LogP contribution in [0.2, 0.25) is 0 Å². The first kappa shape index (κ1) is 17.9. The van der Waals surface area contributed by atoms with Crippen LogP contribution in [0.4, 0.5) is 0 Å². The Morgan fingerprint density at radius 3 is 2.71 bits per heavy atom. The van der Waals surface area contributed by atoms with E-state index in [1.54, 1.807) is 0 Å². The molecule has 0 unspecified atom stereocenters. The van der Waals surface area contributed by atoms with Crippen molar-refractivity contribution < 1.29 is 9.21 Å². The van der Waals surface area contributed by atoms with E-state index in [0.29, 0.717) is 37.6 Å². The number of fused-ring (bicyclic) bond motifs is 1. The molecular formula is C21H21N5O2. The topological polar surface area (TPSA) is 96.7 Å². The number of nitrogens with one attached hydrogen (secondary N) is 2. The van der Waals surface area contributed by atoms with Gasteiger partial charge >= 0.3 is 0 Å². The van der Waals surface area contributed by atoms with Crippen LogP contribution in [-0.2, 0) is 17.6 Å². The number of rotatable bonds is 7. The number of carbonyl (C=O) groups is 1. The van der Waals surface area contributed by atoms with Crippen molar-refractivity contribution in [2.75, 3.05) is 6.54 Å². The summed E-state index contributed by atoms with van der Waals surface area (Å²) < 4.78 is 5.65. The molecule has 4 rings (SSSR count). The van der Waals surface area contributed by atoms with Crippen molar-refractivity contribution in [1.29, 1.82) is 0 Å². The van der Waals surface area contributed by atoms with E-state index in [-0.39, 0.29) is 5.91 Å². The fourth-order valence-electron chi connectivity index (χ4n) is 2.92. The third-order valence-electron chi connectivity index (χ3n) is 4.45. The molecule has 142 valence electrons. The van der Waals surface area contributed by atoms with Gasteiger partial charge < -0.3 is 14.7 Å². The minimum absolute atomic E-state index is 0.0498. The molecule has 28 heavy (non-hydrogen) atoms. The molecule has 0 aliphatic rings. The number of imidazole rings is 1. The van der Waals surface area contributed by atoms with Gasteiger partial charge in [0, 0.05) is 31.4 Å². The van der Waals surface area contributed by atoms with Gasteiger partial charge in [-0.25, -0.2) is 4.98 Å². The van der Waals surface area contributed by atoms with Gasteiger partial charge in [-0.2, -0.15) is 0 Å². The Morgan fingerprint density at radius 2 is 1.89 bits per heavy atom. The molecule has 0 spiro atoms. The van der Waals surface area contributed by atoms with Crippen molar-refractivity contribution in [3.8, 4) is 11.5 Å². The molecule has 0 aliphatic carbocycles. The number of para-hydroxylation sites is 2. The lowest BCUT2D eigenvalue weighted by molar-refractivity contribution is -0.121. The van der Waals surface area contributed by atoms with Crippen molar-refractivity contribution in [2.24, 2.45) is 0 Å². The van der Waals surface area contributed by atoms with Crippen LogP contribution in [0, 0.1) is 6.92 Å². The molecule has 0 saturated carbocycles. The molecule has 0 saturated heterocycles. The fourth-order valence-corrected chi connectivity index (χ4v) is 2.92. The normalized spacial score (nSPS) is 11.0. The number of hydrogen-bond donors (Lipinski definition) is 2. The molecule has 4 aromatic rings. The van der Waals surface area contributed by atoms with Gasteiger partial charge in [-0.3, -0.25) is 4.79 Å². The highest BCUT2D eigenvalue weighted by molar-refractivity contribution is 5.76. The van der Waals surface area contributed by atoms with E-state index in [4.69, 9.17) is 4.42 Å². The average Bonchev–Trinajstić information content (AvgIpc) is 3.33. The van der Waals surface area contributed by atoms with E-state index in [1.165, 1.54) is 5.56 Å². The molecule has 2 aromatic heterocycles. The van der Waals surface area contributed by atoms with Crippen LogP contribution in [0.15, 0.2) is 52.9 Å². The summed E-state index contributed by atoms with van der Waals surface area (Å²) in [6.07, 6.45) is 1.36. The molecule has 7 nitrogen and oxygen atoms in total. The molecule has 0 radical (unpaired) electrons. The number of aromatic amines is 1. The minimum Gasteiger partial charge on any atom is -0.421 e. The van der Waals surface area contributed by atoms with E-state index in [1.807, 2.05) is 55.5 Å². The van der Waals surface area contributed by atoms with E-state index >= 15 is 0 Å². The first-order valence-electron chi connectivity index (χ1n) is 9.27.